The number of anilines is 1. The van der Waals surface area contributed by atoms with Crippen LogP contribution in [0.1, 0.15) is 12.6 Å². The summed E-state index contributed by atoms with van der Waals surface area (Å²) >= 11 is 0. The fourth-order valence-electron chi connectivity index (χ4n) is 3.55. The predicted molar refractivity (Wildman–Crippen MR) is 95.0 cm³/mol. The minimum atomic E-state index is 0.718. The molecule has 4 aromatic rings. The van der Waals surface area contributed by atoms with Gasteiger partial charge in [-0.3, -0.25) is 0 Å². The average Bonchev–Trinajstić information content (AvgIpc) is 3.23. The first kappa shape index (κ1) is 14.6. The monoisotopic (exact) mass is 337 g/mol. The van der Waals surface area contributed by atoms with E-state index in [2.05, 4.69) is 27.0 Å². The van der Waals surface area contributed by atoms with Crippen molar-refractivity contribution in [1.82, 2.24) is 29.4 Å². The van der Waals surface area contributed by atoms with Gasteiger partial charge in [0, 0.05) is 31.9 Å². The lowest BCUT2D eigenvalue weighted by atomic mass is 10.2. The molecule has 0 amide bonds. The highest BCUT2D eigenvalue weighted by Crippen LogP contribution is 2.31. The molecular weight excluding hydrogens is 318 g/mol. The van der Waals surface area contributed by atoms with Gasteiger partial charge < -0.3 is 9.64 Å². The second-order valence-corrected chi connectivity index (χ2v) is 6.31. The maximum atomic E-state index is 5.50. The summed E-state index contributed by atoms with van der Waals surface area (Å²) in [4.78, 5) is 11.8. The molecule has 0 radical (unpaired) electrons. The van der Waals surface area contributed by atoms with Gasteiger partial charge in [0.1, 0.15) is 5.82 Å². The Morgan fingerprint density at radius 3 is 2.80 bits per heavy atom. The van der Waals surface area contributed by atoms with Crippen molar-refractivity contribution in [1.29, 1.82) is 0 Å². The number of nitrogens with zero attached hydrogens (tertiary/aromatic N) is 7. The lowest BCUT2D eigenvalue weighted by Crippen LogP contribution is -2.37. The van der Waals surface area contributed by atoms with Crippen LogP contribution in [-0.4, -0.2) is 55.7 Å². The zero-order chi connectivity index (χ0) is 17.0. The van der Waals surface area contributed by atoms with Crippen molar-refractivity contribution >= 4 is 33.4 Å². The summed E-state index contributed by atoms with van der Waals surface area (Å²) in [5, 5.41) is 11.1. The molecule has 1 aliphatic heterocycles. The Bertz CT molecular complexity index is 1090. The maximum absolute atomic E-state index is 5.50. The predicted octanol–water partition coefficient (Wildman–Crippen LogP) is 1.79. The molecule has 0 unspecified atom stereocenters. The second-order valence-electron chi connectivity index (χ2n) is 6.31. The van der Waals surface area contributed by atoms with Crippen LogP contribution in [0.4, 0.5) is 5.82 Å². The molecular formula is C17H19N7O. The molecule has 1 fully saturated rings. The summed E-state index contributed by atoms with van der Waals surface area (Å²) in [7, 11) is 0. The molecule has 8 heteroatoms. The van der Waals surface area contributed by atoms with E-state index in [1.165, 1.54) is 0 Å². The van der Waals surface area contributed by atoms with Gasteiger partial charge in [0.15, 0.2) is 11.3 Å². The van der Waals surface area contributed by atoms with Crippen LogP contribution in [0.15, 0.2) is 18.5 Å². The first-order valence-electron chi connectivity index (χ1n) is 8.59. The molecule has 0 N–H and O–H groups in total. The summed E-state index contributed by atoms with van der Waals surface area (Å²) in [6, 6.07) is 2.01. The number of hydrogen-bond acceptors (Lipinski definition) is 6. The first-order valence-corrected chi connectivity index (χ1v) is 8.59. The van der Waals surface area contributed by atoms with Crippen LogP contribution in [0.25, 0.3) is 27.6 Å². The van der Waals surface area contributed by atoms with Gasteiger partial charge in [0.05, 0.1) is 41.4 Å². The number of aromatic nitrogens is 6. The summed E-state index contributed by atoms with van der Waals surface area (Å²) in [6.45, 7) is 7.94. The number of pyridine rings is 1. The second kappa shape index (κ2) is 5.38. The highest BCUT2D eigenvalue weighted by atomic mass is 16.5. The molecule has 5 heterocycles. The molecule has 25 heavy (non-hydrogen) atoms. The van der Waals surface area contributed by atoms with E-state index in [1.807, 2.05) is 34.6 Å². The molecule has 0 aromatic carbocycles. The molecule has 0 spiro atoms. The molecule has 0 bridgehead atoms. The van der Waals surface area contributed by atoms with Crippen molar-refractivity contribution in [2.24, 2.45) is 0 Å². The van der Waals surface area contributed by atoms with Crippen LogP contribution in [0.2, 0.25) is 0 Å². The SMILES string of the molecule is CCn1ncc2c1ncc1c(N3CCOCC3)nc3cc(C)nn3c12. The third kappa shape index (κ3) is 2.10. The van der Waals surface area contributed by atoms with Gasteiger partial charge in [0.25, 0.3) is 0 Å². The highest BCUT2D eigenvalue weighted by molar-refractivity contribution is 6.06. The third-order valence-electron chi connectivity index (χ3n) is 4.73. The Kier molecular flexibility index (Phi) is 3.14. The smallest absolute Gasteiger partial charge is 0.159 e. The molecule has 8 nitrogen and oxygen atoms in total. The number of ether oxygens (including phenoxy) is 1. The number of aryl methyl sites for hydroxylation is 2. The third-order valence-corrected chi connectivity index (χ3v) is 4.73. The number of hydrogen-bond donors (Lipinski definition) is 0. The van der Waals surface area contributed by atoms with E-state index >= 15 is 0 Å². The van der Waals surface area contributed by atoms with Crippen molar-refractivity contribution in [3.05, 3.63) is 24.2 Å². The maximum Gasteiger partial charge on any atom is 0.159 e. The van der Waals surface area contributed by atoms with Gasteiger partial charge in [-0.15, -0.1) is 0 Å². The van der Waals surface area contributed by atoms with E-state index < -0.39 is 0 Å². The zero-order valence-electron chi connectivity index (χ0n) is 14.3. The Balaban J connectivity index is 1.90. The minimum Gasteiger partial charge on any atom is -0.378 e. The summed E-state index contributed by atoms with van der Waals surface area (Å²) < 4.78 is 9.32. The normalized spacial score (nSPS) is 15.7. The van der Waals surface area contributed by atoms with Crippen molar-refractivity contribution in [3.63, 3.8) is 0 Å². The van der Waals surface area contributed by atoms with Gasteiger partial charge in [-0.2, -0.15) is 10.2 Å². The number of rotatable bonds is 2. The van der Waals surface area contributed by atoms with Crippen molar-refractivity contribution < 1.29 is 4.74 Å². The summed E-state index contributed by atoms with van der Waals surface area (Å²) in [6.07, 6.45) is 3.79. The topological polar surface area (TPSA) is 73.4 Å². The number of fused-ring (bicyclic) bond motifs is 5. The van der Waals surface area contributed by atoms with Crippen molar-refractivity contribution in [2.45, 2.75) is 20.4 Å². The molecule has 0 aliphatic carbocycles. The van der Waals surface area contributed by atoms with Crippen LogP contribution in [0.3, 0.4) is 0 Å². The molecule has 5 rings (SSSR count). The van der Waals surface area contributed by atoms with Gasteiger partial charge in [-0.1, -0.05) is 0 Å². The summed E-state index contributed by atoms with van der Waals surface area (Å²) in [5.41, 5.74) is 3.69. The fourth-order valence-corrected chi connectivity index (χ4v) is 3.55. The van der Waals surface area contributed by atoms with Gasteiger partial charge in [-0.25, -0.2) is 19.2 Å². The van der Waals surface area contributed by atoms with Gasteiger partial charge >= 0.3 is 0 Å². The fraction of sp³-hybridized carbons (Fsp3) is 0.412. The largest absolute Gasteiger partial charge is 0.378 e. The van der Waals surface area contributed by atoms with Gasteiger partial charge in [0.2, 0.25) is 0 Å². The van der Waals surface area contributed by atoms with E-state index in [1.54, 1.807) is 0 Å². The van der Waals surface area contributed by atoms with E-state index in [0.29, 0.717) is 0 Å². The van der Waals surface area contributed by atoms with E-state index in [4.69, 9.17) is 9.72 Å². The molecule has 128 valence electrons. The quantitative estimate of drug-likeness (QED) is 0.555. The zero-order valence-corrected chi connectivity index (χ0v) is 14.3. The Hall–Kier alpha value is -2.74. The molecule has 0 atom stereocenters. The molecule has 1 aliphatic rings. The van der Waals surface area contributed by atoms with Gasteiger partial charge in [-0.05, 0) is 13.8 Å². The Morgan fingerprint density at radius 1 is 1.16 bits per heavy atom. The Morgan fingerprint density at radius 2 is 2.00 bits per heavy atom. The van der Waals surface area contributed by atoms with Crippen LogP contribution < -0.4 is 4.90 Å². The lowest BCUT2D eigenvalue weighted by molar-refractivity contribution is 0.122. The molecule has 4 aromatic heterocycles. The van der Waals surface area contributed by atoms with E-state index in [-0.39, 0.29) is 0 Å². The average molecular weight is 337 g/mol. The summed E-state index contributed by atoms with van der Waals surface area (Å²) in [5.74, 6) is 0.948. The van der Waals surface area contributed by atoms with Crippen molar-refractivity contribution in [3.8, 4) is 0 Å². The van der Waals surface area contributed by atoms with Crippen LogP contribution in [0.5, 0.6) is 0 Å². The standard InChI is InChI=1S/C17H19N7O/c1-3-23-16-13(10-19-23)15-12(9-18-16)17(22-4-6-25-7-5-22)20-14-8-11(2)21-24(14)15/h8-10H,3-7H2,1-2H3. The van der Waals surface area contributed by atoms with Crippen LogP contribution in [-0.2, 0) is 11.3 Å². The molecule has 1 saturated heterocycles. The molecule has 0 saturated carbocycles. The number of morpholine rings is 1. The van der Waals surface area contributed by atoms with E-state index in [9.17, 15) is 0 Å². The van der Waals surface area contributed by atoms with Crippen molar-refractivity contribution in [2.75, 3.05) is 31.2 Å². The van der Waals surface area contributed by atoms with Crippen LogP contribution >= 0.6 is 0 Å². The van der Waals surface area contributed by atoms with E-state index in [0.717, 1.165) is 71.9 Å². The Labute approximate surface area is 144 Å². The lowest BCUT2D eigenvalue weighted by Gasteiger charge is -2.28. The highest BCUT2D eigenvalue weighted by Gasteiger charge is 2.21. The first-order chi connectivity index (χ1) is 12.3. The van der Waals surface area contributed by atoms with Crippen LogP contribution in [0, 0.1) is 6.92 Å². The minimum absolute atomic E-state index is 0.718.